The maximum atomic E-state index is 12.5. The van der Waals surface area contributed by atoms with Crippen LogP contribution >= 0.6 is 11.8 Å². The van der Waals surface area contributed by atoms with Gasteiger partial charge in [0.2, 0.25) is 0 Å². The van der Waals surface area contributed by atoms with Crippen molar-refractivity contribution >= 4 is 40.6 Å². The molecule has 3 aromatic carbocycles. The van der Waals surface area contributed by atoms with Gasteiger partial charge in [-0.05, 0) is 59.8 Å². The van der Waals surface area contributed by atoms with Crippen LogP contribution in [0, 0.1) is 0 Å². The molecule has 3 aromatic rings. The van der Waals surface area contributed by atoms with Crippen molar-refractivity contribution in [1.29, 1.82) is 0 Å². The normalized spacial score (nSPS) is 17.1. The Balaban J connectivity index is 1.18. The third-order valence-electron chi connectivity index (χ3n) is 5.68. The molecule has 0 bridgehead atoms. The third-order valence-corrected chi connectivity index (χ3v) is 6.72. The van der Waals surface area contributed by atoms with Gasteiger partial charge >= 0.3 is 5.97 Å². The van der Waals surface area contributed by atoms with E-state index in [4.69, 9.17) is 4.74 Å². The van der Waals surface area contributed by atoms with Crippen LogP contribution < -0.4 is 9.64 Å². The highest BCUT2D eigenvalue weighted by Gasteiger charge is 2.28. The summed E-state index contributed by atoms with van der Waals surface area (Å²) in [5.74, 6) is -0.168. The SMILES string of the molecule is O=C1N=C(N2CCN(c3ccccc3)CC2)SC1=Cc1ccc(OC(=O)c2ccccc2)cc1. The summed E-state index contributed by atoms with van der Waals surface area (Å²) < 4.78 is 5.42. The molecule has 0 N–H and O–H groups in total. The lowest BCUT2D eigenvalue weighted by atomic mass is 10.2. The number of nitrogens with zero attached hydrogens (tertiary/aromatic N) is 3. The molecular weight excluding hydrogens is 446 g/mol. The number of esters is 1. The molecule has 1 fully saturated rings. The first-order chi connectivity index (χ1) is 16.7. The van der Waals surface area contributed by atoms with Crippen molar-refractivity contribution in [3.63, 3.8) is 0 Å². The Hall–Kier alpha value is -3.84. The number of piperazine rings is 1. The fourth-order valence-electron chi connectivity index (χ4n) is 3.85. The molecule has 7 heteroatoms. The van der Waals surface area contributed by atoms with Crippen LogP contribution in [0.4, 0.5) is 5.69 Å². The molecule has 34 heavy (non-hydrogen) atoms. The van der Waals surface area contributed by atoms with E-state index in [0.29, 0.717) is 16.2 Å². The van der Waals surface area contributed by atoms with Crippen molar-refractivity contribution in [3.8, 4) is 5.75 Å². The van der Waals surface area contributed by atoms with Gasteiger partial charge in [0.1, 0.15) is 5.75 Å². The lowest BCUT2D eigenvalue weighted by Gasteiger charge is -2.36. The number of para-hydroxylation sites is 1. The van der Waals surface area contributed by atoms with E-state index in [-0.39, 0.29) is 5.91 Å². The molecule has 1 saturated heterocycles. The van der Waals surface area contributed by atoms with Crippen molar-refractivity contribution in [2.24, 2.45) is 4.99 Å². The topological polar surface area (TPSA) is 62.2 Å². The van der Waals surface area contributed by atoms with Gasteiger partial charge in [0.05, 0.1) is 10.5 Å². The largest absolute Gasteiger partial charge is 0.423 e. The Bertz CT molecular complexity index is 1230. The standard InChI is InChI=1S/C27H23N3O3S/c31-25-24(19-20-11-13-23(14-12-20)33-26(32)21-7-3-1-4-8-21)34-27(28-25)30-17-15-29(16-18-30)22-9-5-2-6-10-22/h1-14,19H,15-18H2. The highest BCUT2D eigenvalue weighted by molar-refractivity contribution is 8.18. The number of benzene rings is 3. The van der Waals surface area contributed by atoms with Gasteiger partial charge in [0.25, 0.3) is 5.91 Å². The zero-order valence-corrected chi connectivity index (χ0v) is 19.3. The zero-order valence-electron chi connectivity index (χ0n) is 18.5. The van der Waals surface area contributed by atoms with Gasteiger partial charge in [-0.3, -0.25) is 4.79 Å². The monoisotopic (exact) mass is 469 g/mol. The molecule has 0 atom stereocenters. The summed E-state index contributed by atoms with van der Waals surface area (Å²) in [6.45, 7) is 3.42. The first-order valence-electron chi connectivity index (χ1n) is 11.1. The number of carbonyl (C=O) groups excluding carboxylic acids is 2. The molecule has 1 amide bonds. The number of hydrogen-bond donors (Lipinski definition) is 0. The molecule has 6 nitrogen and oxygen atoms in total. The molecule has 170 valence electrons. The minimum absolute atomic E-state index is 0.218. The molecule has 2 aliphatic heterocycles. The number of amides is 1. The molecule has 2 aliphatic rings. The van der Waals surface area contributed by atoms with Crippen LogP contribution in [0.1, 0.15) is 15.9 Å². The summed E-state index contributed by atoms with van der Waals surface area (Å²) >= 11 is 1.41. The highest BCUT2D eigenvalue weighted by Crippen LogP contribution is 2.31. The Morgan fingerprint density at radius 1 is 0.824 bits per heavy atom. The minimum atomic E-state index is -0.404. The predicted molar refractivity (Wildman–Crippen MR) is 136 cm³/mol. The fourth-order valence-corrected chi connectivity index (χ4v) is 4.82. The van der Waals surface area contributed by atoms with Crippen LogP contribution in [-0.2, 0) is 4.79 Å². The van der Waals surface area contributed by atoms with Crippen LogP contribution in [0.15, 0.2) is 94.8 Å². The van der Waals surface area contributed by atoms with E-state index in [0.717, 1.165) is 36.9 Å². The van der Waals surface area contributed by atoms with Gasteiger partial charge in [-0.1, -0.05) is 48.5 Å². The summed E-state index contributed by atoms with van der Waals surface area (Å²) in [7, 11) is 0. The Morgan fingerprint density at radius 2 is 1.44 bits per heavy atom. The first-order valence-corrected chi connectivity index (χ1v) is 11.9. The number of anilines is 1. The molecule has 5 rings (SSSR count). The van der Waals surface area contributed by atoms with E-state index in [9.17, 15) is 9.59 Å². The maximum Gasteiger partial charge on any atom is 0.343 e. The number of aliphatic imine (C=N–C) groups is 1. The average Bonchev–Trinajstić information content (AvgIpc) is 3.26. The number of hydrogen-bond acceptors (Lipinski definition) is 6. The number of thioether (sulfide) groups is 1. The van der Waals surface area contributed by atoms with E-state index in [1.807, 2.05) is 42.5 Å². The van der Waals surface area contributed by atoms with Gasteiger partial charge in [0.15, 0.2) is 5.17 Å². The molecule has 0 saturated carbocycles. The van der Waals surface area contributed by atoms with Gasteiger partial charge < -0.3 is 14.5 Å². The van der Waals surface area contributed by atoms with E-state index in [1.54, 1.807) is 36.4 Å². The zero-order chi connectivity index (χ0) is 23.3. The van der Waals surface area contributed by atoms with Gasteiger partial charge in [-0.2, -0.15) is 4.99 Å². The summed E-state index contributed by atoms with van der Waals surface area (Å²) in [5, 5.41) is 0.761. The van der Waals surface area contributed by atoms with Crippen LogP contribution in [0.2, 0.25) is 0 Å². The van der Waals surface area contributed by atoms with Crippen LogP contribution in [0.5, 0.6) is 5.75 Å². The lowest BCUT2D eigenvalue weighted by Crippen LogP contribution is -2.47. The number of ether oxygens (including phenoxy) is 1. The third kappa shape index (κ3) is 5.05. The van der Waals surface area contributed by atoms with Crippen molar-refractivity contribution in [2.75, 3.05) is 31.1 Å². The van der Waals surface area contributed by atoms with Crippen LogP contribution in [-0.4, -0.2) is 48.1 Å². The molecule has 2 heterocycles. The van der Waals surface area contributed by atoms with Crippen LogP contribution in [0.3, 0.4) is 0 Å². The highest BCUT2D eigenvalue weighted by atomic mass is 32.2. The summed E-state index contributed by atoms with van der Waals surface area (Å²) in [4.78, 5) is 34.1. The van der Waals surface area contributed by atoms with Gasteiger partial charge in [-0.25, -0.2) is 4.79 Å². The first kappa shape index (κ1) is 22.0. The molecule has 0 aromatic heterocycles. The van der Waals surface area contributed by atoms with E-state index in [2.05, 4.69) is 26.9 Å². The van der Waals surface area contributed by atoms with Crippen molar-refractivity contribution in [2.45, 2.75) is 0 Å². The van der Waals surface area contributed by atoms with E-state index in [1.165, 1.54) is 17.4 Å². The lowest BCUT2D eigenvalue weighted by molar-refractivity contribution is -0.113. The van der Waals surface area contributed by atoms with Crippen molar-refractivity contribution in [1.82, 2.24) is 4.90 Å². The maximum absolute atomic E-state index is 12.5. The van der Waals surface area contributed by atoms with Crippen molar-refractivity contribution in [3.05, 3.63) is 101 Å². The fraction of sp³-hybridized carbons (Fsp3) is 0.148. The number of carbonyl (C=O) groups is 2. The molecule has 0 radical (unpaired) electrons. The number of rotatable bonds is 4. The second-order valence-corrected chi connectivity index (χ2v) is 8.95. The Kier molecular flexibility index (Phi) is 6.44. The Labute approximate surface area is 202 Å². The average molecular weight is 470 g/mol. The van der Waals surface area contributed by atoms with E-state index < -0.39 is 5.97 Å². The van der Waals surface area contributed by atoms with E-state index >= 15 is 0 Å². The predicted octanol–water partition coefficient (Wildman–Crippen LogP) is 4.70. The summed E-state index contributed by atoms with van der Waals surface area (Å²) in [6.07, 6.45) is 1.83. The minimum Gasteiger partial charge on any atom is -0.423 e. The second-order valence-electron chi connectivity index (χ2n) is 7.94. The van der Waals surface area contributed by atoms with Crippen molar-refractivity contribution < 1.29 is 14.3 Å². The van der Waals surface area contributed by atoms with Crippen LogP contribution in [0.25, 0.3) is 6.08 Å². The quantitative estimate of drug-likeness (QED) is 0.314. The second kappa shape index (κ2) is 9.97. The van der Waals surface area contributed by atoms with Gasteiger partial charge in [-0.15, -0.1) is 0 Å². The summed E-state index contributed by atoms with van der Waals surface area (Å²) in [5.41, 5.74) is 2.56. The number of amidine groups is 1. The molecular formula is C27H23N3O3S. The molecule has 0 spiro atoms. The van der Waals surface area contributed by atoms with Gasteiger partial charge in [0, 0.05) is 31.9 Å². The molecule has 0 unspecified atom stereocenters. The molecule has 0 aliphatic carbocycles. The smallest absolute Gasteiger partial charge is 0.343 e. The Morgan fingerprint density at radius 3 is 2.12 bits per heavy atom. The summed E-state index contributed by atoms with van der Waals surface area (Å²) in [6, 6.07) is 26.3.